The predicted molar refractivity (Wildman–Crippen MR) is 118 cm³/mol. The summed E-state index contributed by atoms with van der Waals surface area (Å²) in [4.78, 5) is 9.03. The second-order valence-electron chi connectivity index (χ2n) is 6.48. The van der Waals surface area contributed by atoms with E-state index in [4.69, 9.17) is 0 Å². The molecule has 7 heteroatoms. The molecule has 0 spiro atoms. The summed E-state index contributed by atoms with van der Waals surface area (Å²) in [5.74, 6) is 2.45. The highest BCUT2D eigenvalue weighted by atomic mass is 127. The molecular weight excluding hydrogens is 439 g/mol. The third kappa shape index (κ3) is 8.16. The Hall–Kier alpha value is -1.64. The van der Waals surface area contributed by atoms with Crippen molar-refractivity contribution in [2.45, 2.75) is 46.6 Å². The SMILES string of the molecule is CCNC(=NCc1ccnc(-n2cccn2)c1)NCCCCC(C)C.I. The molecule has 2 aromatic heterocycles. The summed E-state index contributed by atoms with van der Waals surface area (Å²) in [6.45, 7) is 9.03. The highest BCUT2D eigenvalue weighted by Gasteiger charge is 2.01. The average molecular weight is 470 g/mol. The van der Waals surface area contributed by atoms with Crippen LogP contribution in [-0.2, 0) is 6.54 Å². The minimum atomic E-state index is 0. The van der Waals surface area contributed by atoms with Crippen molar-refractivity contribution in [3.63, 3.8) is 0 Å². The Morgan fingerprint density at radius 3 is 2.77 bits per heavy atom. The van der Waals surface area contributed by atoms with E-state index in [-0.39, 0.29) is 24.0 Å². The number of nitrogens with zero attached hydrogens (tertiary/aromatic N) is 4. The van der Waals surface area contributed by atoms with Crippen molar-refractivity contribution in [1.82, 2.24) is 25.4 Å². The fourth-order valence-electron chi connectivity index (χ4n) is 2.49. The lowest BCUT2D eigenvalue weighted by molar-refractivity contribution is 0.534. The van der Waals surface area contributed by atoms with Crippen molar-refractivity contribution in [2.24, 2.45) is 10.9 Å². The molecule has 0 saturated heterocycles. The van der Waals surface area contributed by atoms with Gasteiger partial charge >= 0.3 is 0 Å². The van der Waals surface area contributed by atoms with Gasteiger partial charge in [-0.05, 0) is 43.0 Å². The van der Waals surface area contributed by atoms with Crippen molar-refractivity contribution in [2.75, 3.05) is 13.1 Å². The van der Waals surface area contributed by atoms with Gasteiger partial charge in [0.2, 0.25) is 0 Å². The molecule has 0 saturated carbocycles. The number of halogens is 1. The van der Waals surface area contributed by atoms with E-state index in [9.17, 15) is 0 Å². The average Bonchev–Trinajstić information content (AvgIpc) is 3.14. The molecule has 2 heterocycles. The predicted octanol–water partition coefficient (Wildman–Crippen LogP) is 3.77. The van der Waals surface area contributed by atoms with Crippen molar-refractivity contribution < 1.29 is 0 Å². The van der Waals surface area contributed by atoms with Crippen molar-refractivity contribution in [3.05, 3.63) is 42.4 Å². The molecule has 2 rings (SSSR count). The second-order valence-corrected chi connectivity index (χ2v) is 6.48. The van der Waals surface area contributed by atoms with E-state index in [0.29, 0.717) is 6.54 Å². The van der Waals surface area contributed by atoms with Gasteiger partial charge in [-0.25, -0.2) is 14.7 Å². The summed E-state index contributed by atoms with van der Waals surface area (Å²) in [5, 5.41) is 10.9. The number of aromatic nitrogens is 3. The van der Waals surface area contributed by atoms with Crippen LogP contribution in [0.5, 0.6) is 0 Å². The molecule has 0 fully saturated rings. The first-order valence-electron chi connectivity index (χ1n) is 9.16. The molecule has 0 aliphatic heterocycles. The molecule has 144 valence electrons. The Bertz CT molecular complexity index is 639. The number of hydrogen-bond donors (Lipinski definition) is 2. The fourth-order valence-corrected chi connectivity index (χ4v) is 2.49. The topological polar surface area (TPSA) is 67.1 Å². The Labute approximate surface area is 173 Å². The minimum absolute atomic E-state index is 0. The van der Waals surface area contributed by atoms with Crippen LogP contribution in [0.3, 0.4) is 0 Å². The van der Waals surface area contributed by atoms with E-state index < -0.39 is 0 Å². The number of guanidine groups is 1. The maximum Gasteiger partial charge on any atom is 0.191 e. The van der Waals surface area contributed by atoms with Gasteiger partial charge in [-0.2, -0.15) is 5.10 Å². The zero-order valence-corrected chi connectivity index (χ0v) is 18.3. The van der Waals surface area contributed by atoms with Crippen molar-refractivity contribution >= 4 is 29.9 Å². The zero-order valence-electron chi connectivity index (χ0n) is 16.0. The monoisotopic (exact) mass is 470 g/mol. The smallest absolute Gasteiger partial charge is 0.191 e. The lowest BCUT2D eigenvalue weighted by Gasteiger charge is -2.12. The molecule has 0 unspecified atom stereocenters. The normalized spacial score (nSPS) is 11.3. The highest BCUT2D eigenvalue weighted by molar-refractivity contribution is 14.0. The maximum atomic E-state index is 4.68. The number of pyridine rings is 1. The first-order valence-corrected chi connectivity index (χ1v) is 9.16. The van der Waals surface area contributed by atoms with Gasteiger partial charge in [0.15, 0.2) is 11.8 Å². The van der Waals surface area contributed by atoms with Gasteiger partial charge < -0.3 is 10.6 Å². The number of unbranched alkanes of at least 4 members (excludes halogenated alkanes) is 1. The van der Waals surface area contributed by atoms with E-state index in [1.54, 1.807) is 17.1 Å². The first-order chi connectivity index (χ1) is 12.2. The molecule has 2 N–H and O–H groups in total. The molecule has 2 aromatic rings. The van der Waals surface area contributed by atoms with Crippen LogP contribution in [0.4, 0.5) is 0 Å². The molecule has 26 heavy (non-hydrogen) atoms. The van der Waals surface area contributed by atoms with Crippen LogP contribution < -0.4 is 10.6 Å². The third-order valence-electron chi connectivity index (χ3n) is 3.81. The van der Waals surface area contributed by atoms with Gasteiger partial charge in [-0.1, -0.05) is 26.7 Å². The van der Waals surface area contributed by atoms with Crippen LogP contribution in [0.1, 0.15) is 45.6 Å². The number of nitrogens with one attached hydrogen (secondary N) is 2. The minimum Gasteiger partial charge on any atom is -0.357 e. The summed E-state index contributed by atoms with van der Waals surface area (Å²) in [7, 11) is 0. The largest absolute Gasteiger partial charge is 0.357 e. The van der Waals surface area contributed by atoms with Crippen molar-refractivity contribution in [1.29, 1.82) is 0 Å². The standard InChI is InChI=1S/C19H30N6.HI/c1-4-20-19(22-10-6-5-8-16(2)3)23-15-17-9-12-21-18(14-17)25-13-7-11-24-25;/h7,9,11-14,16H,4-6,8,10,15H2,1-3H3,(H2,20,22,23);1H. The van der Waals surface area contributed by atoms with Crippen LogP contribution in [0, 0.1) is 5.92 Å². The van der Waals surface area contributed by atoms with Gasteiger partial charge in [-0.15, -0.1) is 24.0 Å². The summed E-state index contributed by atoms with van der Waals surface area (Å²) in [6, 6.07) is 5.89. The van der Waals surface area contributed by atoms with Crippen LogP contribution in [-0.4, -0.2) is 33.8 Å². The number of aliphatic imine (C=N–C) groups is 1. The van der Waals surface area contributed by atoms with E-state index in [0.717, 1.165) is 36.3 Å². The Balaban J connectivity index is 0.00000338. The van der Waals surface area contributed by atoms with E-state index in [1.807, 2.05) is 24.4 Å². The second kappa shape index (κ2) is 12.7. The molecule has 0 aliphatic carbocycles. The summed E-state index contributed by atoms with van der Waals surface area (Å²) < 4.78 is 1.76. The van der Waals surface area contributed by atoms with Gasteiger partial charge in [-0.3, -0.25) is 0 Å². The number of hydrogen-bond acceptors (Lipinski definition) is 3. The van der Waals surface area contributed by atoms with Crippen LogP contribution >= 0.6 is 24.0 Å². The summed E-state index contributed by atoms with van der Waals surface area (Å²) in [6.07, 6.45) is 9.14. The van der Waals surface area contributed by atoms with E-state index in [1.165, 1.54) is 19.3 Å². The fraction of sp³-hybridized carbons (Fsp3) is 0.526. The van der Waals surface area contributed by atoms with E-state index >= 15 is 0 Å². The molecule has 0 amide bonds. The molecule has 0 atom stereocenters. The molecular formula is C19H31IN6. The molecule has 0 aliphatic rings. The highest BCUT2D eigenvalue weighted by Crippen LogP contribution is 2.07. The molecule has 0 aromatic carbocycles. The summed E-state index contributed by atoms with van der Waals surface area (Å²) in [5.41, 5.74) is 1.11. The molecule has 0 radical (unpaired) electrons. The van der Waals surface area contributed by atoms with Gasteiger partial charge in [0.1, 0.15) is 0 Å². The zero-order chi connectivity index (χ0) is 17.9. The lowest BCUT2D eigenvalue weighted by atomic mass is 10.1. The van der Waals surface area contributed by atoms with Crippen molar-refractivity contribution in [3.8, 4) is 5.82 Å². The van der Waals surface area contributed by atoms with Gasteiger partial charge in [0.05, 0.1) is 6.54 Å². The van der Waals surface area contributed by atoms with Crippen LogP contribution in [0.25, 0.3) is 5.82 Å². The quantitative estimate of drug-likeness (QED) is 0.254. The third-order valence-corrected chi connectivity index (χ3v) is 3.81. The Kier molecular flexibility index (Phi) is 10.9. The Morgan fingerprint density at radius 2 is 2.08 bits per heavy atom. The molecule has 0 bridgehead atoms. The molecule has 6 nitrogen and oxygen atoms in total. The van der Waals surface area contributed by atoms with Crippen LogP contribution in [0.2, 0.25) is 0 Å². The van der Waals surface area contributed by atoms with Crippen LogP contribution in [0.15, 0.2) is 41.8 Å². The summed E-state index contributed by atoms with van der Waals surface area (Å²) >= 11 is 0. The first kappa shape index (κ1) is 22.4. The maximum absolute atomic E-state index is 4.68. The lowest BCUT2D eigenvalue weighted by Crippen LogP contribution is -2.37. The Morgan fingerprint density at radius 1 is 1.23 bits per heavy atom. The van der Waals surface area contributed by atoms with Gasteiger partial charge in [0.25, 0.3) is 0 Å². The van der Waals surface area contributed by atoms with E-state index in [2.05, 4.69) is 46.5 Å². The van der Waals surface area contributed by atoms with Gasteiger partial charge in [0, 0.05) is 31.7 Å². The number of rotatable bonds is 9.